The number of sulfonamides is 1. The van der Waals surface area contributed by atoms with Crippen molar-refractivity contribution in [3.8, 4) is 0 Å². The summed E-state index contributed by atoms with van der Waals surface area (Å²) in [6.45, 7) is 1.79. The van der Waals surface area contributed by atoms with Gasteiger partial charge in [-0.1, -0.05) is 25.1 Å². The molecule has 3 aromatic rings. The van der Waals surface area contributed by atoms with Crippen LogP contribution in [0.1, 0.15) is 29.5 Å². The van der Waals surface area contributed by atoms with Crippen LogP contribution in [0.15, 0.2) is 58.7 Å². The van der Waals surface area contributed by atoms with Gasteiger partial charge in [0, 0.05) is 30.3 Å². The van der Waals surface area contributed by atoms with Crippen molar-refractivity contribution in [3.63, 3.8) is 0 Å². The molecular formula is C20H19F2N5O2S. The zero-order valence-corrected chi connectivity index (χ0v) is 17.0. The first-order valence-corrected chi connectivity index (χ1v) is 10.6. The van der Waals surface area contributed by atoms with E-state index in [1.807, 2.05) is 0 Å². The lowest BCUT2D eigenvalue weighted by Crippen LogP contribution is -2.41. The number of aromatic nitrogens is 2. The van der Waals surface area contributed by atoms with E-state index in [9.17, 15) is 17.2 Å². The second-order valence-corrected chi connectivity index (χ2v) is 8.65. The highest BCUT2D eigenvalue weighted by Gasteiger charge is 2.32. The van der Waals surface area contributed by atoms with Gasteiger partial charge in [0.25, 0.3) is 10.0 Å². The van der Waals surface area contributed by atoms with Gasteiger partial charge in [0.2, 0.25) is 5.96 Å². The molecule has 30 heavy (non-hydrogen) atoms. The van der Waals surface area contributed by atoms with E-state index in [4.69, 9.17) is 0 Å². The lowest BCUT2D eigenvalue weighted by Gasteiger charge is -2.26. The molecular weight excluding hydrogens is 412 g/mol. The third kappa shape index (κ3) is 3.65. The summed E-state index contributed by atoms with van der Waals surface area (Å²) in [5.41, 5.74) is 1.14. The minimum Gasteiger partial charge on any atom is -0.324 e. The fraction of sp³-hybridized carbons (Fsp3) is 0.200. The lowest BCUT2D eigenvalue weighted by atomic mass is 9.91. The maximum Gasteiger partial charge on any atom is 0.266 e. The van der Waals surface area contributed by atoms with E-state index in [-0.39, 0.29) is 34.2 Å². The number of hydrogen-bond donors (Lipinski definition) is 2. The predicted octanol–water partition coefficient (Wildman–Crippen LogP) is 3.11. The molecule has 10 heteroatoms. The molecule has 7 nitrogen and oxygen atoms in total. The summed E-state index contributed by atoms with van der Waals surface area (Å²) in [5.74, 6) is -1.91. The molecule has 0 radical (unpaired) electrons. The second kappa shape index (κ2) is 7.52. The molecule has 1 aliphatic heterocycles. The molecule has 0 bridgehead atoms. The van der Waals surface area contributed by atoms with E-state index < -0.39 is 27.6 Å². The van der Waals surface area contributed by atoms with Crippen molar-refractivity contribution in [2.24, 2.45) is 12.0 Å². The fourth-order valence-electron chi connectivity index (χ4n) is 3.45. The number of guanidine groups is 1. The summed E-state index contributed by atoms with van der Waals surface area (Å²) >= 11 is 0. The number of anilines is 1. The Morgan fingerprint density at radius 1 is 1.17 bits per heavy atom. The van der Waals surface area contributed by atoms with E-state index in [0.29, 0.717) is 0 Å². The maximum atomic E-state index is 14.8. The van der Waals surface area contributed by atoms with Crippen LogP contribution in [0.3, 0.4) is 0 Å². The Morgan fingerprint density at radius 2 is 1.93 bits per heavy atom. The highest BCUT2D eigenvalue weighted by Crippen LogP contribution is 2.38. The standard InChI is InChI=1S/C20H19F2N5O2S/c1-12(14-5-3-4-6-15(14)21)18-16(22)7-8-17-19(18)25-20(26-30(17,28)29)23-9-13-10-24-27(2)11-13/h3-8,10-12H,9H2,1-2H3,(H2,23,25,26)/t12-/m0/s1. The van der Waals surface area contributed by atoms with Gasteiger partial charge in [-0.15, -0.1) is 0 Å². The van der Waals surface area contributed by atoms with Gasteiger partial charge < -0.3 is 5.32 Å². The second-order valence-electron chi connectivity index (χ2n) is 6.99. The van der Waals surface area contributed by atoms with E-state index >= 15 is 0 Å². The van der Waals surface area contributed by atoms with Crippen molar-refractivity contribution in [2.75, 3.05) is 5.32 Å². The van der Waals surface area contributed by atoms with E-state index in [0.717, 1.165) is 11.6 Å². The Labute approximate surface area is 172 Å². The van der Waals surface area contributed by atoms with Crippen LogP contribution in [0, 0.1) is 11.6 Å². The Hall–Kier alpha value is -3.27. The number of hydrogen-bond acceptors (Lipinski definition) is 4. The van der Waals surface area contributed by atoms with Crippen LogP contribution in [-0.4, -0.2) is 24.2 Å². The van der Waals surface area contributed by atoms with Crippen molar-refractivity contribution in [1.29, 1.82) is 0 Å². The van der Waals surface area contributed by atoms with Gasteiger partial charge in [0.1, 0.15) is 16.5 Å². The van der Waals surface area contributed by atoms with Gasteiger partial charge in [-0.2, -0.15) is 5.10 Å². The number of fused-ring (bicyclic) bond motifs is 1. The number of aryl methyl sites for hydroxylation is 1. The Kier molecular flexibility index (Phi) is 5.02. The van der Waals surface area contributed by atoms with Crippen molar-refractivity contribution in [3.05, 3.63) is 77.1 Å². The average molecular weight is 431 g/mol. The zero-order chi connectivity index (χ0) is 21.5. The van der Waals surface area contributed by atoms with E-state index in [1.165, 1.54) is 18.2 Å². The van der Waals surface area contributed by atoms with Crippen LogP contribution in [0.25, 0.3) is 0 Å². The molecule has 0 spiro atoms. The Balaban J connectivity index is 1.78. The van der Waals surface area contributed by atoms with Gasteiger partial charge in [-0.05, 0) is 23.8 Å². The van der Waals surface area contributed by atoms with E-state index in [2.05, 4.69) is 20.1 Å². The number of halogens is 2. The third-order valence-electron chi connectivity index (χ3n) is 4.90. The molecule has 0 saturated heterocycles. The topological polar surface area (TPSA) is 88.4 Å². The average Bonchev–Trinajstić information content (AvgIpc) is 3.11. The summed E-state index contributed by atoms with van der Waals surface area (Å²) in [7, 11) is -2.22. The summed E-state index contributed by atoms with van der Waals surface area (Å²) < 4.78 is 58.6. The minimum absolute atomic E-state index is 0.0427. The molecule has 1 atom stereocenters. The quantitative estimate of drug-likeness (QED) is 0.665. The molecule has 0 aliphatic carbocycles. The van der Waals surface area contributed by atoms with Crippen LogP contribution >= 0.6 is 0 Å². The lowest BCUT2D eigenvalue weighted by molar-refractivity contribution is 0.577. The van der Waals surface area contributed by atoms with Gasteiger partial charge in [0.05, 0.1) is 18.4 Å². The van der Waals surface area contributed by atoms with Gasteiger partial charge in [-0.25, -0.2) is 26.9 Å². The molecule has 156 valence electrons. The summed E-state index contributed by atoms with van der Waals surface area (Å²) in [5, 5.41) is 6.92. The van der Waals surface area contributed by atoms with E-state index in [1.54, 1.807) is 43.2 Å². The number of nitrogens with zero attached hydrogens (tertiary/aromatic N) is 3. The fourth-order valence-corrected chi connectivity index (χ4v) is 4.61. The van der Waals surface area contributed by atoms with Crippen molar-refractivity contribution in [2.45, 2.75) is 24.3 Å². The number of nitrogens with one attached hydrogen (secondary N) is 2. The van der Waals surface area contributed by atoms with Gasteiger partial charge >= 0.3 is 0 Å². The first-order valence-electron chi connectivity index (χ1n) is 9.15. The zero-order valence-electron chi connectivity index (χ0n) is 16.2. The van der Waals surface area contributed by atoms with Crippen molar-refractivity contribution < 1.29 is 17.2 Å². The van der Waals surface area contributed by atoms with Crippen molar-refractivity contribution in [1.82, 2.24) is 14.5 Å². The largest absolute Gasteiger partial charge is 0.324 e. The summed E-state index contributed by atoms with van der Waals surface area (Å²) in [4.78, 5) is 4.12. The molecule has 0 fully saturated rings. The predicted molar refractivity (Wildman–Crippen MR) is 109 cm³/mol. The molecule has 2 aromatic carbocycles. The van der Waals surface area contributed by atoms with Crippen LogP contribution in [-0.2, 0) is 23.6 Å². The number of rotatable bonds is 4. The number of benzene rings is 2. The minimum atomic E-state index is -3.98. The highest BCUT2D eigenvalue weighted by atomic mass is 32.2. The first-order chi connectivity index (χ1) is 14.3. The Bertz CT molecular complexity index is 1250. The first kappa shape index (κ1) is 20.0. The van der Waals surface area contributed by atoms with Crippen LogP contribution in [0.4, 0.5) is 14.5 Å². The highest BCUT2D eigenvalue weighted by molar-refractivity contribution is 7.90. The normalized spacial score (nSPS) is 17.1. The number of aliphatic imine (C=N–C) groups is 1. The van der Waals surface area contributed by atoms with Crippen LogP contribution in [0.2, 0.25) is 0 Å². The van der Waals surface area contributed by atoms with Crippen LogP contribution < -0.4 is 10.0 Å². The van der Waals surface area contributed by atoms with Gasteiger partial charge in [-0.3, -0.25) is 4.68 Å². The molecule has 4 rings (SSSR count). The smallest absolute Gasteiger partial charge is 0.266 e. The summed E-state index contributed by atoms with van der Waals surface area (Å²) in [6, 6.07) is 8.27. The molecule has 2 N–H and O–H groups in total. The molecule has 2 heterocycles. The molecule has 0 saturated carbocycles. The maximum absolute atomic E-state index is 14.8. The molecule has 1 aromatic heterocycles. The van der Waals surface area contributed by atoms with Crippen LogP contribution in [0.5, 0.6) is 0 Å². The third-order valence-corrected chi connectivity index (χ3v) is 6.28. The Morgan fingerprint density at radius 3 is 2.63 bits per heavy atom. The molecule has 0 amide bonds. The summed E-state index contributed by atoms with van der Waals surface area (Å²) in [6.07, 6.45) is 3.36. The van der Waals surface area contributed by atoms with Gasteiger partial charge in [0.15, 0.2) is 0 Å². The SMILES string of the molecule is C[C@@H](c1ccccc1F)c1c(F)ccc2c1NC(=NCc1cnn(C)c1)NS2(=O)=O. The molecule has 0 unspecified atom stereocenters. The molecule has 1 aliphatic rings. The van der Waals surface area contributed by atoms with Crippen molar-refractivity contribution >= 4 is 21.7 Å². The monoisotopic (exact) mass is 431 g/mol.